The number of pyridine rings is 1. The first-order chi connectivity index (χ1) is 7.61. The first kappa shape index (κ1) is 11.6. The smallest absolute Gasteiger partial charge is 0.356 e. The molecule has 0 saturated carbocycles. The molecule has 0 aliphatic carbocycles. The Labute approximate surface area is 111 Å². The summed E-state index contributed by atoms with van der Waals surface area (Å²) in [6.45, 7) is 0. The van der Waals surface area contributed by atoms with Crippen LogP contribution in [0.25, 0.3) is 10.9 Å². The van der Waals surface area contributed by atoms with Gasteiger partial charge in [0.2, 0.25) is 0 Å². The van der Waals surface area contributed by atoms with Crippen molar-refractivity contribution in [1.29, 1.82) is 0 Å². The number of hydrogen-bond donors (Lipinski definition) is 0. The molecule has 1 aromatic carbocycles. The number of nitrogens with zero attached hydrogens (tertiary/aromatic N) is 1. The van der Waals surface area contributed by atoms with Gasteiger partial charge in [-0.25, -0.2) is 9.78 Å². The van der Waals surface area contributed by atoms with E-state index in [1.807, 2.05) is 18.2 Å². The third-order valence-electron chi connectivity index (χ3n) is 2.11. The minimum absolute atomic E-state index is 0.223. The number of fused-ring (bicyclic) bond motifs is 1. The lowest BCUT2D eigenvalue weighted by molar-refractivity contribution is 0.0594. The summed E-state index contributed by atoms with van der Waals surface area (Å²) in [5.74, 6) is -0.484. The molecule has 0 fully saturated rings. The van der Waals surface area contributed by atoms with Gasteiger partial charge in [-0.3, -0.25) is 0 Å². The number of methoxy groups -OCH3 is 1. The van der Waals surface area contributed by atoms with Gasteiger partial charge in [0.25, 0.3) is 0 Å². The van der Waals surface area contributed by atoms with Crippen LogP contribution in [-0.2, 0) is 4.74 Å². The van der Waals surface area contributed by atoms with Crippen LogP contribution in [0.5, 0.6) is 0 Å². The van der Waals surface area contributed by atoms with Crippen molar-refractivity contribution in [2.75, 3.05) is 7.11 Å². The lowest BCUT2D eigenvalue weighted by Crippen LogP contribution is -2.04. The molecule has 0 N–H and O–H groups in total. The molecule has 0 bridgehead atoms. The Bertz CT molecular complexity index is 571. The minimum atomic E-state index is -0.484. The molecule has 1 aromatic heterocycles. The quantitative estimate of drug-likeness (QED) is 0.587. The molecule has 2 aromatic rings. The van der Waals surface area contributed by atoms with Gasteiger partial charge in [0.1, 0.15) is 0 Å². The van der Waals surface area contributed by atoms with Crippen molar-refractivity contribution in [3.8, 4) is 0 Å². The number of hydrogen-bond acceptors (Lipinski definition) is 3. The summed E-state index contributed by atoms with van der Waals surface area (Å²) in [5, 5.41) is 1.34. The highest BCUT2D eigenvalue weighted by Crippen LogP contribution is 2.25. The SMILES string of the molecule is COC(=O)c1cc(Cl)c2cc(I)ccc2n1. The maximum Gasteiger partial charge on any atom is 0.356 e. The number of benzene rings is 1. The molecule has 2 rings (SSSR count). The molecule has 0 saturated heterocycles. The lowest BCUT2D eigenvalue weighted by atomic mass is 10.2. The molecule has 0 spiro atoms. The third kappa shape index (κ3) is 2.12. The zero-order valence-electron chi connectivity index (χ0n) is 8.33. The zero-order chi connectivity index (χ0) is 11.7. The van der Waals surface area contributed by atoms with Gasteiger partial charge in [0.05, 0.1) is 17.6 Å². The van der Waals surface area contributed by atoms with E-state index in [1.165, 1.54) is 13.2 Å². The van der Waals surface area contributed by atoms with Gasteiger partial charge in [0.15, 0.2) is 5.69 Å². The summed E-state index contributed by atoms with van der Waals surface area (Å²) in [7, 11) is 1.32. The molecule has 0 radical (unpaired) electrons. The highest BCUT2D eigenvalue weighted by atomic mass is 127. The van der Waals surface area contributed by atoms with Gasteiger partial charge in [-0.2, -0.15) is 0 Å². The summed E-state index contributed by atoms with van der Waals surface area (Å²) < 4.78 is 5.67. The maximum atomic E-state index is 11.3. The van der Waals surface area contributed by atoms with Crippen LogP contribution >= 0.6 is 34.2 Å². The number of aromatic nitrogens is 1. The van der Waals surface area contributed by atoms with Crippen LogP contribution in [0.15, 0.2) is 24.3 Å². The molecule has 82 valence electrons. The number of ether oxygens (including phenoxy) is 1. The molecule has 1 heterocycles. The lowest BCUT2D eigenvalue weighted by Gasteiger charge is -2.04. The summed E-state index contributed by atoms with van der Waals surface area (Å²) in [5.41, 5.74) is 0.912. The third-order valence-corrected chi connectivity index (χ3v) is 3.10. The van der Waals surface area contributed by atoms with Crippen LogP contribution in [0.3, 0.4) is 0 Å². The summed E-state index contributed by atoms with van der Waals surface area (Å²) in [6, 6.07) is 7.18. The van der Waals surface area contributed by atoms with Crippen LogP contribution in [0.2, 0.25) is 5.02 Å². The molecule has 0 aliphatic heterocycles. The molecular formula is C11H7ClINO2. The van der Waals surface area contributed by atoms with Crippen LogP contribution < -0.4 is 0 Å². The summed E-state index contributed by atoms with van der Waals surface area (Å²) >= 11 is 8.28. The van der Waals surface area contributed by atoms with Gasteiger partial charge >= 0.3 is 5.97 Å². The number of carbonyl (C=O) groups is 1. The van der Waals surface area contributed by atoms with E-state index >= 15 is 0 Å². The minimum Gasteiger partial charge on any atom is -0.464 e. The van der Waals surface area contributed by atoms with Crippen LogP contribution in [-0.4, -0.2) is 18.1 Å². The van der Waals surface area contributed by atoms with Crippen molar-refractivity contribution in [3.05, 3.63) is 38.6 Å². The Morgan fingerprint density at radius 3 is 2.88 bits per heavy atom. The Balaban J connectivity index is 2.68. The van der Waals surface area contributed by atoms with E-state index in [1.54, 1.807) is 0 Å². The molecule has 0 amide bonds. The van der Waals surface area contributed by atoms with E-state index in [0.29, 0.717) is 10.5 Å². The summed E-state index contributed by atoms with van der Waals surface area (Å²) in [6.07, 6.45) is 0. The van der Waals surface area contributed by atoms with Crippen LogP contribution in [0.1, 0.15) is 10.5 Å². The standard InChI is InChI=1S/C11H7ClINO2/c1-16-11(15)10-5-8(12)7-4-6(13)2-3-9(7)14-10/h2-5H,1H3. The van der Waals surface area contributed by atoms with E-state index in [4.69, 9.17) is 11.6 Å². The fourth-order valence-corrected chi connectivity index (χ4v) is 2.11. The van der Waals surface area contributed by atoms with Crippen molar-refractivity contribution < 1.29 is 9.53 Å². The van der Waals surface area contributed by atoms with Crippen LogP contribution in [0.4, 0.5) is 0 Å². The van der Waals surface area contributed by atoms with E-state index in [-0.39, 0.29) is 5.69 Å². The average molecular weight is 348 g/mol. The number of rotatable bonds is 1. The fourth-order valence-electron chi connectivity index (χ4n) is 1.37. The van der Waals surface area contributed by atoms with Gasteiger partial charge in [-0.05, 0) is 46.9 Å². The normalized spacial score (nSPS) is 10.4. The first-order valence-electron chi connectivity index (χ1n) is 4.46. The first-order valence-corrected chi connectivity index (χ1v) is 5.91. The number of halogens is 2. The van der Waals surface area contributed by atoms with Crippen molar-refractivity contribution in [2.45, 2.75) is 0 Å². The van der Waals surface area contributed by atoms with Crippen molar-refractivity contribution in [2.24, 2.45) is 0 Å². The maximum absolute atomic E-state index is 11.3. The van der Waals surface area contributed by atoms with Gasteiger partial charge < -0.3 is 4.74 Å². The van der Waals surface area contributed by atoms with Gasteiger partial charge in [0, 0.05) is 8.96 Å². The molecule has 5 heteroatoms. The second-order valence-corrected chi connectivity index (χ2v) is 4.80. The second-order valence-electron chi connectivity index (χ2n) is 3.14. The predicted octanol–water partition coefficient (Wildman–Crippen LogP) is 3.28. The highest BCUT2D eigenvalue weighted by Gasteiger charge is 2.11. The number of esters is 1. The Hall–Kier alpha value is -0.880. The number of carbonyl (C=O) groups excluding carboxylic acids is 1. The Morgan fingerprint density at radius 1 is 1.44 bits per heavy atom. The van der Waals surface area contributed by atoms with E-state index in [9.17, 15) is 4.79 Å². The molecule has 0 atom stereocenters. The van der Waals surface area contributed by atoms with Gasteiger partial charge in [-0.15, -0.1) is 0 Å². The summed E-state index contributed by atoms with van der Waals surface area (Å²) in [4.78, 5) is 15.5. The van der Waals surface area contributed by atoms with E-state index in [2.05, 4.69) is 32.3 Å². The van der Waals surface area contributed by atoms with E-state index < -0.39 is 5.97 Å². The largest absolute Gasteiger partial charge is 0.464 e. The Kier molecular flexibility index (Phi) is 3.30. The average Bonchev–Trinajstić information content (AvgIpc) is 2.28. The van der Waals surface area contributed by atoms with Crippen LogP contribution in [0, 0.1) is 3.57 Å². The topological polar surface area (TPSA) is 39.2 Å². The van der Waals surface area contributed by atoms with Crippen molar-refractivity contribution >= 4 is 51.1 Å². The molecular weight excluding hydrogens is 340 g/mol. The molecule has 3 nitrogen and oxygen atoms in total. The Morgan fingerprint density at radius 2 is 2.19 bits per heavy atom. The van der Waals surface area contributed by atoms with E-state index in [0.717, 1.165) is 8.96 Å². The molecule has 0 unspecified atom stereocenters. The highest BCUT2D eigenvalue weighted by molar-refractivity contribution is 14.1. The van der Waals surface area contributed by atoms with Crippen molar-refractivity contribution in [1.82, 2.24) is 4.98 Å². The zero-order valence-corrected chi connectivity index (χ0v) is 11.2. The molecule has 16 heavy (non-hydrogen) atoms. The predicted molar refractivity (Wildman–Crippen MR) is 70.8 cm³/mol. The second kappa shape index (κ2) is 4.55. The fraction of sp³-hybridized carbons (Fsp3) is 0.0909. The van der Waals surface area contributed by atoms with Gasteiger partial charge in [-0.1, -0.05) is 11.6 Å². The van der Waals surface area contributed by atoms with Crippen molar-refractivity contribution in [3.63, 3.8) is 0 Å². The molecule has 0 aliphatic rings. The monoisotopic (exact) mass is 347 g/mol.